The Morgan fingerprint density at radius 3 is 1.64 bits per heavy atom. The number of rotatable bonds is 16. The van der Waals surface area contributed by atoms with Gasteiger partial charge in [0.1, 0.15) is 16.7 Å². The molecule has 1 unspecified atom stereocenters. The highest BCUT2D eigenvalue weighted by Crippen LogP contribution is 2.39. The monoisotopic (exact) mass is 1070 g/mol. The smallest absolute Gasteiger partial charge is 0.317 e. The number of ether oxygens (including phenoxy) is 2. The summed E-state index contributed by atoms with van der Waals surface area (Å²) in [4.78, 5) is 50.7. The number of aromatic nitrogens is 6. The van der Waals surface area contributed by atoms with Crippen molar-refractivity contribution in [1.82, 2.24) is 54.3 Å². The fourth-order valence-corrected chi connectivity index (χ4v) is 12.5. The Bertz CT molecular complexity index is 2990. The third-order valence-corrected chi connectivity index (χ3v) is 16.7. The van der Waals surface area contributed by atoms with E-state index in [2.05, 4.69) is 155 Å². The summed E-state index contributed by atoms with van der Waals surface area (Å²) in [5.74, 6) is 0. The second kappa shape index (κ2) is 23.6. The minimum absolute atomic E-state index is 0.0180. The number of carbonyl (C=O) groups excluding carboxylic acids is 2. The van der Waals surface area contributed by atoms with Crippen LogP contribution in [0.15, 0.2) is 85.7 Å². The first kappa shape index (κ1) is 55.0. The Hall–Kier alpha value is -6.34. The van der Waals surface area contributed by atoms with Crippen LogP contribution < -0.4 is 25.1 Å². The molecule has 4 saturated heterocycles. The van der Waals surface area contributed by atoms with Crippen molar-refractivity contribution in [3.05, 3.63) is 96.8 Å². The molecule has 18 nitrogen and oxygen atoms in total. The number of nitrogens with one attached hydrogen (secondary N) is 2. The van der Waals surface area contributed by atoms with Crippen LogP contribution in [-0.2, 0) is 27.2 Å². The number of carbonyl (C=O) groups is 2. The molecule has 0 spiro atoms. The van der Waals surface area contributed by atoms with E-state index in [4.69, 9.17) is 24.5 Å². The molecule has 4 aliphatic rings. The molecule has 78 heavy (non-hydrogen) atoms. The van der Waals surface area contributed by atoms with Crippen LogP contribution in [-0.4, -0.2) is 172 Å². The fraction of sp³-hybridized carbons (Fsp3) is 0.567. The lowest BCUT2D eigenvalue weighted by Crippen LogP contribution is -2.56. The van der Waals surface area contributed by atoms with E-state index in [-0.39, 0.29) is 35.3 Å². The van der Waals surface area contributed by atoms with E-state index in [1.165, 1.54) is 0 Å². The second-order valence-corrected chi connectivity index (χ2v) is 23.0. The van der Waals surface area contributed by atoms with Gasteiger partial charge in [-0.1, -0.05) is 12.1 Å². The number of hydrogen-bond donors (Lipinski definition) is 2. The third-order valence-electron chi connectivity index (χ3n) is 16.7. The van der Waals surface area contributed by atoms with Gasteiger partial charge in [-0.15, -0.1) is 9.20 Å². The molecule has 3 atom stereocenters. The lowest BCUT2D eigenvalue weighted by molar-refractivity contribution is -0.764. The van der Waals surface area contributed by atoms with Crippen molar-refractivity contribution < 1.29 is 23.7 Å². The summed E-state index contributed by atoms with van der Waals surface area (Å²) in [5.41, 5.74) is 9.53. The summed E-state index contributed by atoms with van der Waals surface area (Å²) in [6.45, 7) is 30.2. The summed E-state index contributed by atoms with van der Waals surface area (Å²) in [5, 5.41) is 11.1. The molecule has 0 aliphatic carbocycles. The Labute approximate surface area is 461 Å². The van der Waals surface area contributed by atoms with Gasteiger partial charge in [-0.3, -0.25) is 19.8 Å². The highest BCUT2D eigenvalue weighted by atomic mass is 16.5. The highest BCUT2D eigenvalue weighted by Gasteiger charge is 2.41. The van der Waals surface area contributed by atoms with Gasteiger partial charge in [-0.2, -0.15) is 5.10 Å². The van der Waals surface area contributed by atoms with Gasteiger partial charge in [-0.25, -0.2) is 14.1 Å². The van der Waals surface area contributed by atoms with Crippen LogP contribution in [0.4, 0.5) is 21.0 Å². The standard InChI is InChI=1S/C60H84N14O4/c1-10-77-59(20-12-23-70(41-59)44(5)6)49-14-16-51(61-36-49)47-34-55-53(18-22-63-73(55)39-47)66-26-32-69(33-27-66)58(76)65-46(9)38-72-25-19-54(67-28-30-68(31-29-67)57(75)64-43(3)4)56-35-48(40-74(56)72)52-17-15-50(37-62-52)60(78-11-2)21-13-24-71(42-60)45(7)8/h14-19,22,25,34-37,39-40,43-46H,10-13,20-21,23-24,26-33,38,41-42H2,1-9H3,(H-,64,65,75,76)/p+1/t46?,59-,60+/m1/s1. The van der Waals surface area contributed by atoms with Gasteiger partial charge >= 0.3 is 12.1 Å². The molecule has 418 valence electrons. The average Bonchev–Trinajstić information content (AvgIpc) is 4.16. The molecular weight excluding hydrogens is 981 g/mol. The molecule has 6 aromatic heterocycles. The maximum atomic E-state index is 14.0. The number of piperidine rings is 2. The molecule has 4 amide bonds. The number of fused-ring (bicyclic) bond motifs is 2. The molecule has 0 bridgehead atoms. The number of nitrogens with zero attached hydrogens (tertiary/aromatic N) is 12. The Morgan fingerprint density at radius 2 is 1.14 bits per heavy atom. The first-order chi connectivity index (χ1) is 37.7. The SMILES string of the molecule is CCO[C@]1(c2ccc(-c3cc4c(N5CCN(C(=O)NC(C)C[n+]6ccc(N7CCN(C(=O)NC(C)C)CC7)c7cc(-c8ccc([C@]9(OCC)CCCN(C(C)C)C9)cn8)cn76)CC5)ccnn4c3)nc2)CCCN(C(C)C)C1. The number of urea groups is 2. The van der Waals surface area contributed by atoms with E-state index in [0.717, 1.165) is 108 Å². The van der Waals surface area contributed by atoms with Gasteiger partial charge in [0, 0.05) is 150 Å². The average molecular weight is 1070 g/mol. The lowest BCUT2D eigenvalue weighted by Gasteiger charge is -2.44. The molecule has 0 aromatic carbocycles. The van der Waals surface area contributed by atoms with E-state index in [9.17, 15) is 9.59 Å². The Morgan fingerprint density at radius 1 is 0.628 bits per heavy atom. The topological polar surface area (TPSA) is 147 Å². The van der Waals surface area contributed by atoms with Crippen LogP contribution >= 0.6 is 0 Å². The van der Waals surface area contributed by atoms with E-state index in [1.54, 1.807) is 0 Å². The van der Waals surface area contributed by atoms with Crippen LogP contribution in [0.25, 0.3) is 33.5 Å². The van der Waals surface area contributed by atoms with Crippen molar-refractivity contribution in [3.8, 4) is 22.5 Å². The minimum atomic E-state index is -0.389. The zero-order valence-electron chi connectivity index (χ0n) is 47.8. The van der Waals surface area contributed by atoms with Crippen LogP contribution in [0.3, 0.4) is 0 Å². The van der Waals surface area contributed by atoms with Crippen molar-refractivity contribution in [2.75, 3.05) is 102 Å². The van der Waals surface area contributed by atoms with Crippen molar-refractivity contribution in [1.29, 1.82) is 0 Å². The first-order valence-electron chi connectivity index (χ1n) is 29.0. The molecule has 18 heteroatoms. The quantitative estimate of drug-likeness (QED) is 0.0923. The van der Waals surface area contributed by atoms with Gasteiger partial charge in [-0.05, 0) is 131 Å². The molecule has 0 radical (unpaired) electrons. The zero-order chi connectivity index (χ0) is 54.7. The number of likely N-dealkylation sites (tertiary alicyclic amines) is 2. The summed E-state index contributed by atoms with van der Waals surface area (Å²) < 4.78 is 19.4. The maximum Gasteiger partial charge on any atom is 0.317 e. The summed E-state index contributed by atoms with van der Waals surface area (Å²) >= 11 is 0. The molecule has 6 aromatic rings. The van der Waals surface area contributed by atoms with Gasteiger partial charge in [0.25, 0.3) is 0 Å². The Balaban J connectivity index is 0.819. The van der Waals surface area contributed by atoms with Crippen molar-refractivity contribution in [3.63, 3.8) is 0 Å². The van der Waals surface area contributed by atoms with Gasteiger partial charge in [0.2, 0.25) is 0 Å². The van der Waals surface area contributed by atoms with E-state index in [1.807, 2.05) is 46.8 Å². The van der Waals surface area contributed by atoms with E-state index >= 15 is 0 Å². The van der Waals surface area contributed by atoms with Gasteiger partial charge < -0.3 is 39.7 Å². The molecule has 2 N–H and O–H groups in total. The number of piperazine rings is 2. The number of pyridine rings is 2. The van der Waals surface area contributed by atoms with Crippen LogP contribution in [0.5, 0.6) is 0 Å². The first-order valence-corrected chi connectivity index (χ1v) is 29.0. The van der Waals surface area contributed by atoms with Crippen LogP contribution in [0.1, 0.15) is 99.1 Å². The fourth-order valence-electron chi connectivity index (χ4n) is 12.5. The second-order valence-electron chi connectivity index (χ2n) is 23.0. The largest absolute Gasteiger partial charge is 0.369 e. The minimum Gasteiger partial charge on any atom is -0.369 e. The lowest BCUT2D eigenvalue weighted by atomic mass is 9.85. The molecule has 10 rings (SSSR count). The molecule has 4 fully saturated rings. The number of amides is 4. The van der Waals surface area contributed by atoms with Gasteiger partial charge in [0.15, 0.2) is 12.7 Å². The molecule has 0 saturated carbocycles. The van der Waals surface area contributed by atoms with Crippen molar-refractivity contribution in [2.45, 2.75) is 130 Å². The van der Waals surface area contributed by atoms with E-state index in [0.29, 0.717) is 84.2 Å². The normalized spacial score (nSPS) is 21.4. The number of anilines is 2. The predicted molar refractivity (Wildman–Crippen MR) is 307 cm³/mol. The molecule has 4 aliphatic heterocycles. The summed E-state index contributed by atoms with van der Waals surface area (Å²) in [6, 6.07) is 18.0. The third kappa shape index (κ3) is 11.5. The van der Waals surface area contributed by atoms with Gasteiger partial charge in [0.05, 0.1) is 40.5 Å². The van der Waals surface area contributed by atoms with Crippen LogP contribution in [0.2, 0.25) is 0 Å². The van der Waals surface area contributed by atoms with E-state index < -0.39 is 0 Å². The highest BCUT2D eigenvalue weighted by molar-refractivity contribution is 5.81. The maximum absolute atomic E-state index is 14.0. The molecular formula is C60H85N14O4+. The number of hydrogen-bond acceptors (Lipinski definition) is 11. The van der Waals surface area contributed by atoms with Crippen molar-refractivity contribution >= 4 is 34.5 Å². The summed E-state index contributed by atoms with van der Waals surface area (Å²) in [6.07, 6.45) is 16.3. The summed E-state index contributed by atoms with van der Waals surface area (Å²) in [7, 11) is 0. The van der Waals surface area contributed by atoms with Crippen molar-refractivity contribution in [2.24, 2.45) is 0 Å². The predicted octanol–water partition coefficient (Wildman–Crippen LogP) is 7.63. The molecule has 10 heterocycles. The van der Waals surface area contributed by atoms with Crippen LogP contribution in [0, 0.1) is 0 Å². The Kier molecular flexibility index (Phi) is 16.6. The zero-order valence-corrected chi connectivity index (χ0v) is 47.8.